The Balaban J connectivity index is 1.51. The molecule has 0 fully saturated rings. The summed E-state index contributed by atoms with van der Waals surface area (Å²) >= 11 is 0. The molecule has 2 heterocycles. The molecule has 7 rings (SSSR count). The predicted octanol–water partition coefficient (Wildman–Crippen LogP) is 9.80. The van der Waals surface area contributed by atoms with E-state index < -0.39 is 0 Å². The van der Waals surface area contributed by atoms with Crippen LogP contribution >= 0.6 is 0 Å². The molecule has 0 spiro atoms. The summed E-state index contributed by atoms with van der Waals surface area (Å²) in [4.78, 5) is 13.8. The van der Waals surface area contributed by atoms with Gasteiger partial charge in [-0.1, -0.05) is 98.6 Å². The fraction of sp³-hybridized carbons (Fsp3) is 0.0263. The van der Waals surface area contributed by atoms with Gasteiger partial charge in [-0.3, -0.25) is 9.20 Å². The average molecular weight is 529 g/mol. The van der Waals surface area contributed by atoms with Crippen molar-refractivity contribution < 1.29 is 0 Å². The van der Waals surface area contributed by atoms with E-state index >= 15 is 0 Å². The van der Waals surface area contributed by atoms with Gasteiger partial charge in [0.15, 0.2) is 0 Å². The maximum absolute atomic E-state index is 13.8. The molecule has 5 aromatic carbocycles. The predicted molar refractivity (Wildman–Crippen MR) is 178 cm³/mol. The molecule has 41 heavy (non-hydrogen) atoms. The normalized spacial score (nSPS) is 11.8. The number of rotatable bonds is 6. The average Bonchev–Trinajstić information content (AvgIpc) is 3.34. The maximum Gasteiger partial charge on any atom is 0.263 e. The van der Waals surface area contributed by atoms with Crippen molar-refractivity contribution in [1.82, 2.24) is 4.40 Å². The summed E-state index contributed by atoms with van der Waals surface area (Å²) in [5.41, 5.74) is 7.20. The highest BCUT2D eigenvalue weighted by Crippen LogP contribution is 2.41. The van der Waals surface area contributed by atoms with Gasteiger partial charge in [-0.25, -0.2) is 0 Å². The molecule has 0 unspecified atom stereocenters. The topological polar surface area (TPSA) is 33.5 Å². The van der Waals surface area contributed by atoms with Gasteiger partial charge in [0, 0.05) is 33.1 Å². The van der Waals surface area contributed by atoms with E-state index in [1.165, 1.54) is 16.2 Å². The Morgan fingerprint density at radius 3 is 2.34 bits per heavy atom. The number of pyridine rings is 1. The summed E-state index contributed by atoms with van der Waals surface area (Å²) < 4.78 is 1.85. The van der Waals surface area contributed by atoms with Gasteiger partial charge in [0.25, 0.3) is 5.56 Å². The number of hydrogen-bond donors (Lipinski definition) is 1. The molecule has 2 aromatic heterocycles. The SMILES string of the molecule is C=Cc1c(C=C)c2ccc(-c3ccc4ccc5cc(NC(=C)/C=C\C)ccc5c4c3)c3c4ccccc4n(c1=O)c23. The number of aromatic nitrogens is 1. The summed E-state index contributed by atoms with van der Waals surface area (Å²) in [6.45, 7) is 14.0. The third kappa shape index (κ3) is 3.63. The van der Waals surface area contributed by atoms with Gasteiger partial charge in [-0.2, -0.15) is 0 Å². The molecule has 3 heteroatoms. The van der Waals surface area contributed by atoms with Gasteiger partial charge in [0.2, 0.25) is 0 Å². The van der Waals surface area contributed by atoms with Gasteiger partial charge in [-0.15, -0.1) is 0 Å². The van der Waals surface area contributed by atoms with Crippen molar-refractivity contribution in [3.8, 4) is 11.1 Å². The number of allylic oxidation sites excluding steroid dienone is 2. The van der Waals surface area contributed by atoms with Crippen LogP contribution in [0.4, 0.5) is 5.69 Å². The summed E-state index contributed by atoms with van der Waals surface area (Å²) in [6.07, 6.45) is 7.34. The van der Waals surface area contributed by atoms with E-state index in [2.05, 4.69) is 91.8 Å². The Hall–Kier alpha value is -5.41. The molecule has 0 aliphatic rings. The Morgan fingerprint density at radius 2 is 1.54 bits per heavy atom. The van der Waals surface area contributed by atoms with Crippen LogP contribution in [0.1, 0.15) is 18.1 Å². The van der Waals surface area contributed by atoms with Crippen LogP contribution in [0.25, 0.3) is 72.0 Å². The van der Waals surface area contributed by atoms with Crippen molar-refractivity contribution in [2.24, 2.45) is 0 Å². The summed E-state index contributed by atoms with van der Waals surface area (Å²) in [5.74, 6) is 0. The molecule has 0 bridgehead atoms. The molecule has 7 aromatic rings. The van der Waals surface area contributed by atoms with Crippen molar-refractivity contribution in [2.45, 2.75) is 6.92 Å². The second kappa shape index (κ2) is 9.35. The second-order valence-corrected chi connectivity index (χ2v) is 10.4. The highest BCUT2D eigenvalue weighted by Gasteiger charge is 2.21. The highest BCUT2D eigenvalue weighted by atomic mass is 16.1. The van der Waals surface area contributed by atoms with E-state index in [0.29, 0.717) is 5.56 Å². The first-order valence-electron chi connectivity index (χ1n) is 13.7. The summed E-state index contributed by atoms with van der Waals surface area (Å²) in [5, 5.41) is 11.2. The molecule has 0 aliphatic heterocycles. The molecule has 0 radical (unpaired) electrons. The third-order valence-electron chi connectivity index (χ3n) is 8.06. The van der Waals surface area contributed by atoms with Crippen molar-refractivity contribution in [2.75, 3.05) is 5.32 Å². The van der Waals surface area contributed by atoms with Crippen LogP contribution in [0.5, 0.6) is 0 Å². The molecule has 0 aliphatic carbocycles. The smallest absolute Gasteiger partial charge is 0.263 e. The molecular formula is C38H28N2O. The van der Waals surface area contributed by atoms with Crippen molar-refractivity contribution in [1.29, 1.82) is 0 Å². The van der Waals surface area contributed by atoms with Gasteiger partial charge in [0.1, 0.15) is 0 Å². The van der Waals surface area contributed by atoms with Crippen molar-refractivity contribution >= 4 is 66.6 Å². The first-order valence-corrected chi connectivity index (χ1v) is 13.7. The fourth-order valence-electron chi connectivity index (χ4n) is 6.30. The van der Waals surface area contributed by atoms with E-state index in [0.717, 1.165) is 60.7 Å². The number of nitrogens with zero attached hydrogens (tertiary/aromatic N) is 1. The third-order valence-corrected chi connectivity index (χ3v) is 8.06. The van der Waals surface area contributed by atoms with Crippen LogP contribution in [-0.2, 0) is 0 Å². The lowest BCUT2D eigenvalue weighted by Gasteiger charge is -2.13. The van der Waals surface area contributed by atoms with Crippen LogP contribution in [0, 0.1) is 0 Å². The first-order chi connectivity index (χ1) is 20.0. The molecule has 0 saturated heterocycles. The minimum Gasteiger partial charge on any atom is -0.356 e. The lowest BCUT2D eigenvalue weighted by molar-refractivity contribution is 1.17. The molecule has 0 saturated carbocycles. The fourth-order valence-corrected chi connectivity index (χ4v) is 6.30. The van der Waals surface area contributed by atoms with Gasteiger partial charge in [0.05, 0.1) is 11.0 Å². The minimum absolute atomic E-state index is 0.0724. The van der Waals surface area contributed by atoms with Crippen LogP contribution in [0.3, 0.4) is 0 Å². The molecule has 0 amide bonds. The second-order valence-electron chi connectivity index (χ2n) is 10.4. The molecular weight excluding hydrogens is 500 g/mol. The molecule has 196 valence electrons. The Morgan fingerprint density at radius 1 is 0.780 bits per heavy atom. The number of benzene rings is 5. The van der Waals surface area contributed by atoms with Crippen LogP contribution in [0.2, 0.25) is 0 Å². The number of para-hydroxylation sites is 1. The molecule has 0 atom stereocenters. The van der Waals surface area contributed by atoms with Gasteiger partial charge in [-0.05, 0) is 75.5 Å². The quantitative estimate of drug-likeness (QED) is 0.172. The van der Waals surface area contributed by atoms with Crippen molar-refractivity contribution in [3.63, 3.8) is 0 Å². The highest BCUT2D eigenvalue weighted by molar-refractivity contribution is 6.22. The van der Waals surface area contributed by atoms with Gasteiger partial charge >= 0.3 is 0 Å². The summed E-state index contributed by atoms with van der Waals surface area (Å²) in [7, 11) is 0. The van der Waals surface area contributed by atoms with Crippen LogP contribution < -0.4 is 10.9 Å². The Bertz CT molecular complexity index is 2320. The molecule has 3 nitrogen and oxygen atoms in total. The first kappa shape index (κ1) is 24.6. The lowest BCUT2D eigenvalue weighted by Crippen LogP contribution is -2.17. The van der Waals surface area contributed by atoms with E-state index in [1.807, 2.05) is 41.7 Å². The zero-order valence-electron chi connectivity index (χ0n) is 22.9. The van der Waals surface area contributed by atoms with E-state index in [-0.39, 0.29) is 5.56 Å². The number of nitrogens with one attached hydrogen (secondary N) is 1. The lowest BCUT2D eigenvalue weighted by atomic mass is 9.92. The maximum atomic E-state index is 13.8. The van der Waals surface area contributed by atoms with Gasteiger partial charge < -0.3 is 5.32 Å². The summed E-state index contributed by atoms with van der Waals surface area (Å²) in [6, 6.07) is 29.8. The van der Waals surface area contributed by atoms with E-state index in [9.17, 15) is 4.79 Å². The monoisotopic (exact) mass is 528 g/mol. The number of anilines is 1. The Kier molecular flexibility index (Phi) is 5.62. The largest absolute Gasteiger partial charge is 0.356 e. The minimum atomic E-state index is -0.0724. The molecule has 1 N–H and O–H groups in total. The van der Waals surface area contributed by atoms with Crippen molar-refractivity contribution in [3.05, 3.63) is 144 Å². The Labute approximate surface area is 238 Å². The van der Waals surface area contributed by atoms with E-state index in [4.69, 9.17) is 0 Å². The standard InChI is InChI=1S/C38H28N2O/c1-5-10-23(4)39-27-17-18-30-25(21-27)15-13-24-14-16-26(22-34(24)30)31-19-20-32-28(6-2)29(7-3)38(41)40-35-12-9-8-11-33(35)36(31)37(32)40/h5-22,39H,2-4H2,1H3/b10-5-. The zero-order chi connectivity index (χ0) is 28.2. The van der Waals surface area contributed by atoms with E-state index in [1.54, 1.807) is 12.2 Å². The number of fused-ring (bicyclic) bond motifs is 6. The van der Waals surface area contributed by atoms with Crippen LogP contribution in [0.15, 0.2) is 127 Å². The zero-order valence-corrected chi connectivity index (χ0v) is 22.9. The number of hydrogen-bond acceptors (Lipinski definition) is 2. The van der Waals surface area contributed by atoms with Crippen LogP contribution in [-0.4, -0.2) is 4.40 Å².